The third-order valence-corrected chi connectivity index (χ3v) is 6.28. The number of benzene rings is 1. The van der Waals surface area contributed by atoms with Gasteiger partial charge in [0, 0.05) is 44.4 Å². The topological polar surface area (TPSA) is 88.5 Å². The molecule has 4 heterocycles. The molecule has 188 valence electrons. The SMILES string of the molecule is CO[C@H]1CCN(c2cc3ncnc(Nc4ccc5ncccc5c4F)c3c(O[C@H](C)CN(C)C)n2)C1. The Kier molecular flexibility index (Phi) is 6.80. The zero-order valence-corrected chi connectivity index (χ0v) is 20.9. The Morgan fingerprint density at radius 1 is 1.19 bits per heavy atom. The van der Waals surface area contributed by atoms with E-state index in [-0.39, 0.29) is 17.9 Å². The fourth-order valence-electron chi connectivity index (χ4n) is 4.59. The number of methoxy groups -OCH3 is 1. The van der Waals surface area contributed by atoms with Gasteiger partial charge in [-0.2, -0.15) is 4.98 Å². The number of nitrogens with zero attached hydrogens (tertiary/aromatic N) is 6. The highest BCUT2D eigenvalue weighted by Gasteiger charge is 2.26. The molecule has 10 heteroatoms. The van der Waals surface area contributed by atoms with Crippen molar-refractivity contribution in [3.05, 3.63) is 48.7 Å². The highest BCUT2D eigenvalue weighted by atomic mass is 19.1. The summed E-state index contributed by atoms with van der Waals surface area (Å²) in [6.07, 6.45) is 4.05. The Balaban J connectivity index is 1.58. The monoisotopic (exact) mass is 491 g/mol. The van der Waals surface area contributed by atoms with Gasteiger partial charge in [-0.1, -0.05) is 0 Å². The molecular weight excluding hydrogens is 461 g/mol. The molecule has 1 aliphatic heterocycles. The van der Waals surface area contributed by atoms with E-state index in [2.05, 4.69) is 30.1 Å². The van der Waals surface area contributed by atoms with Gasteiger partial charge in [-0.3, -0.25) is 4.98 Å². The van der Waals surface area contributed by atoms with E-state index in [1.165, 1.54) is 6.33 Å². The number of hydrogen-bond acceptors (Lipinski definition) is 9. The summed E-state index contributed by atoms with van der Waals surface area (Å²) >= 11 is 0. The van der Waals surface area contributed by atoms with E-state index in [4.69, 9.17) is 14.5 Å². The van der Waals surface area contributed by atoms with Crippen LogP contribution in [0.1, 0.15) is 13.3 Å². The van der Waals surface area contributed by atoms with Gasteiger partial charge in [0.05, 0.1) is 22.8 Å². The van der Waals surface area contributed by atoms with Crippen molar-refractivity contribution in [3.63, 3.8) is 0 Å². The molecule has 0 aliphatic carbocycles. The number of aromatic nitrogens is 4. The molecule has 0 bridgehead atoms. The van der Waals surface area contributed by atoms with Crippen LogP contribution < -0.4 is 15.0 Å². The van der Waals surface area contributed by atoms with Crippen LogP contribution in [0.15, 0.2) is 42.9 Å². The molecular formula is C26H30FN7O2. The average Bonchev–Trinajstić information content (AvgIpc) is 3.35. The lowest BCUT2D eigenvalue weighted by atomic mass is 10.1. The van der Waals surface area contributed by atoms with Crippen molar-refractivity contribution < 1.29 is 13.9 Å². The van der Waals surface area contributed by atoms with Crippen LogP contribution >= 0.6 is 0 Å². The Labute approximate surface area is 209 Å². The maximum Gasteiger partial charge on any atom is 0.229 e. The van der Waals surface area contributed by atoms with E-state index < -0.39 is 5.82 Å². The van der Waals surface area contributed by atoms with Crippen molar-refractivity contribution in [3.8, 4) is 5.88 Å². The first-order chi connectivity index (χ1) is 17.4. The van der Waals surface area contributed by atoms with Gasteiger partial charge < -0.3 is 24.6 Å². The molecule has 0 radical (unpaired) electrons. The number of nitrogens with one attached hydrogen (secondary N) is 1. The lowest BCUT2D eigenvalue weighted by molar-refractivity contribution is 0.121. The van der Waals surface area contributed by atoms with Crippen LogP contribution in [0.4, 0.5) is 21.7 Å². The molecule has 3 aromatic heterocycles. The number of ether oxygens (including phenoxy) is 2. The van der Waals surface area contributed by atoms with E-state index in [0.717, 1.165) is 25.3 Å². The van der Waals surface area contributed by atoms with Crippen LogP contribution in [-0.4, -0.2) is 77.9 Å². The summed E-state index contributed by atoms with van der Waals surface area (Å²) < 4.78 is 27.2. The molecule has 2 atom stereocenters. The molecule has 4 aromatic rings. The second kappa shape index (κ2) is 10.2. The maximum atomic E-state index is 15.3. The quantitative estimate of drug-likeness (QED) is 0.393. The molecule has 1 aromatic carbocycles. The van der Waals surface area contributed by atoms with E-state index >= 15 is 4.39 Å². The fraction of sp³-hybridized carbons (Fsp3) is 0.385. The zero-order valence-electron chi connectivity index (χ0n) is 20.9. The molecule has 1 N–H and O–H groups in total. The van der Waals surface area contributed by atoms with E-state index in [1.54, 1.807) is 37.6 Å². The molecule has 5 rings (SSSR count). The fourth-order valence-corrected chi connectivity index (χ4v) is 4.59. The van der Waals surface area contributed by atoms with E-state index in [9.17, 15) is 0 Å². The third kappa shape index (κ3) is 4.87. The smallest absolute Gasteiger partial charge is 0.229 e. The summed E-state index contributed by atoms with van der Waals surface area (Å²) in [6, 6.07) is 8.77. The Hall–Kier alpha value is -3.63. The van der Waals surface area contributed by atoms with Gasteiger partial charge in [0.15, 0.2) is 5.82 Å². The molecule has 0 unspecified atom stereocenters. The predicted molar refractivity (Wildman–Crippen MR) is 139 cm³/mol. The number of likely N-dealkylation sites (N-methyl/N-ethyl adjacent to an activating group) is 1. The van der Waals surface area contributed by atoms with Crippen molar-refractivity contribution >= 4 is 39.1 Å². The number of rotatable bonds is 8. The van der Waals surface area contributed by atoms with E-state index in [1.807, 2.05) is 27.1 Å². The van der Waals surface area contributed by atoms with Crippen LogP contribution in [-0.2, 0) is 4.74 Å². The van der Waals surface area contributed by atoms with Crippen LogP contribution in [0, 0.1) is 5.82 Å². The molecule has 1 fully saturated rings. The van der Waals surface area contributed by atoms with Gasteiger partial charge in [-0.15, -0.1) is 0 Å². The minimum atomic E-state index is -0.400. The lowest BCUT2D eigenvalue weighted by Crippen LogP contribution is -2.29. The molecule has 9 nitrogen and oxygen atoms in total. The number of halogens is 1. The van der Waals surface area contributed by atoms with Crippen molar-refractivity contribution in [1.82, 2.24) is 24.8 Å². The van der Waals surface area contributed by atoms with Crippen LogP contribution in [0.25, 0.3) is 21.8 Å². The maximum absolute atomic E-state index is 15.3. The highest BCUT2D eigenvalue weighted by Crippen LogP contribution is 2.35. The number of hydrogen-bond donors (Lipinski definition) is 1. The largest absolute Gasteiger partial charge is 0.473 e. The lowest BCUT2D eigenvalue weighted by Gasteiger charge is -2.23. The minimum Gasteiger partial charge on any atom is -0.473 e. The summed E-state index contributed by atoms with van der Waals surface area (Å²) in [6.45, 7) is 4.26. The standard InChI is InChI=1S/C26H30FN7O2/c1-16(13-33(2)3)36-26-23-21(12-22(32-26)34-11-9-17(14-34)35-4)29-15-30-25(23)31-20-8-7-19-18(24(20)27)6-5-10-28-19/h5-8,10,12,15-17H,9,11,13-14H2,1-4H3,(H,29,30,31)/t16-,17+/m1/s1. The second-order valence-corrected chi connectivity index (χ2v) is 9.31. The minimum absolute atomic E-state index is 0.146. The second-order valence-electron chi connectivity index (χ2n) is 9.31. The van der Waals surface area contributed by atoms with Crippen LogP contribution in [0.5, 0.6) is 5.88 Å². The normalized spacial score (nSPS) is 16.7. The molecule has 0 spiro atoms. The average molecular weight is 492 g/mol. The van der Waals surface area contributed by atoms with Gasteiger partial charge in [-0.05, 0) is 51.7 Å². The summed E-state index contributed by atoms with van der Waals surface area (Å²) in [5.41, 5.74) is 1.53. The van der Waals surface area contributed by atoms with Crippen LogP contribution in [0.3, 0.4) is 0 Å². The summed E-state index contributed by atoms with van der Waals surface area (Å²) in [5.74, 6) is 1.19. The van der Waals surface area contributed by atoms with Crippen molar-refractivity contribution in [2.75, 3.05) is 51.1 Å². The van der Waals surface area contributed by atoms with Crippen molar-refractivity contribution in [2.45, 2.75) is 25.6 Å². The van der Waals surface area contributed by atoms with Crippen molar-refractivity contribution in [2.24, 2.45) is 0 Å². The zero-order chi connectivity index (χ0) is 25.2. The van der Waals surface area contributed by atoms with Gasteiger partial charge >= 0.3 is 0 Å². The first-order valence-corrected chi connectivity index (χ1v) is 12.0. The molecule has 1 saturated heterocycles. The predicted octanol–water partition coefficient (Wildman–Crippen LogP) is 4.01. The van der Waals surface area contributed by atoms with Gasteiger partial charge in [-0.25, -0.2) is 14.4 Å². The number of pyridine rings is 2. The van der Waals surface area contributed by atoms with Crippen molar-refractivity contribution in [1.29, 1.82) is 0 Å². The third-order valence-electron chi connectivity index (χ3n) is 6.28. The Morgan fingerprint density at radius 3 is 2.83 bits per heavy atom. The highest BCUT2D eigenvalue weighted by molar-refractivity contribution is 5.97. The first kappa shape index (κ1) is 24.1. The Bertz CT molecular complexity index is 1380. The van der Waals surface area contributed by atoms with Gasteiger partial charge in [0.2, 0.25) is 5.88 Å². The van der Waals surface area contributed by atoms with Crippen LogP contribution in [0.2, 0.25) is 0 Å². The number of fused-ring (bicyclic) bond motifs is 2. The first-order valence-electron chi connectivity index (χ1n) is 12.0. The van der Waals surface area contributed by atoms with E-state index in [0.29, 0.717) is 40.0 Å². The summed E-state index contributed by atoms with van der Waals surface area (Å²) in [7, 11) is 5.71. The summed E-state index contributed by atoms with van der Waals surface area (Å²) in [5, 5.41) is 4.18. The molecule has 36 heavy (non-hydrogen) atoms. The molecule has 0 amide bonds. The Morgan fingerprint density at radius 2 is 2.06 bits per heavy atom. The molecule has 0 saturated carbocycles. The van der Waals surface area contributed by atoms with Gasteiger partial charge in [0.25, 0.3) is 0 Å². The summed E-state index contributed by atoms with van der Waals surface area (Å²) in [4.78, 5) is 22.3. The number of anilines is 3. The van der Waals surface area contributed by atoms with Gasteiger partial charge in [0.1, 0.15) is 29.5 Å². The molecule has 1 aliphatic rings.